The van der Waals surface area contributed by atoms with E-state index in [4.69, 9.17) is 19.4 Å². The van der Waals surface area contributed by atoms with Crippen LogP contribution in [0.4, 0.5) is 13.2 Å². The van der Waals surface area contributed by atoms with Gasteiger partial charge >= 0.3 is 18.1 Å². The monoisotopic (exact) mass is 338 g/mol. The van der Waals surface area contributed by atoms with E-state index >= 15 is 0 Å². The highest BCUT2D eigenvalue weighted by Crippen LogP contribution is 2.13. The lowest BCUT2D eigenvalue weighted by atomic mass is 10.3. The van der Waals surface area contributed by atoms with Crippen molar-refractivity contribution in [3.63, 3.8) is 0 Å². The van der Waals surface area contributed by atoms with Gasteiger partial charge in [-0.05, 0) is 19.2 Å². The van der Waals surface area contributed by atoms with Crippen molar-refractivity contribution in [3.05, 3.63) is 23.7 Å². The van der Waals surface area contributed by atoms with Crippen LogP contribution in [-0.4, -0.2) is 71.4 Å². The van der Waals surface area contributed by atoms with Crippen molar-refractivity contribution in [1.29, 1.82) is 0 Å². The summed E-state index contributed by atoms with van der Waals surface area (Å²) in [5.41, 5.74) is 0. The maximum atomic E-state index is 10.6. The number of halogens is 3. The summed E-state index contributed by atoms with van der Waals surface area (Å²) in [6, 6.07) is 3.25. The van der Waals surface area contributed by atoms with Gasteiger partial charge in [0, 0.05) is 26.2 Å². The summed E-state index contributed by atoms with van der Waals surface area (Å²) in [6.45, 7) is 4.79. The van der Waals surface area contributed by atoms with Crippen LogP contribution in [0, 0.1) is 0 Å². The number of nitrogens with zero attached hydrogens (tertiary/aromatic N) is 2. The van der Waals surface area contributed by atoms with Gasteiger partial charge in [0.1, 0.15) is 5.76 Å². The molecular weight excluding hydrogens is 321 g/mol. The molecule has 10 heteroatoms. The van der Waals surface area contributed by atoms with Crippen LogP contribution in [0.25, 0.3) is 0 Å². The van der Waals surface area contributed by atoms with Gasteiger partial charge in [-0.2, -0.15) is 13.2 Å². The van der Waals surface area contributed by atoms with Crippen LogP contribution >= 0.6 is 0 Å². The molecule has 23 heavy (non-hydrogen) atoms. The smallest absolute Gasteiger partial charge is 0.475 e. The molecule has 0 atom stereocenters. The molecule has 0 radical (unpaired) electrons. The fourth-order valence-corrected chi connectivity index (χ4v) is 1.80. The van der Waals surface area contributed by atoms with Crippen molar-refractivity contribution in [2.45, 2.75) is 12.7 Å². The van der Waals surface area contributed by atoms with Crippen LogP contribution < -0.4 is 0 Å². The van der Waals surface area contributed by atoms with Crippen LogP contribution in [0.3, 0.4) is 0 Å². The molecule has 7 nitrogen and oxygen atoms in total. The van der Waals surface area contributed by atoms with Gasteiger partial charge in [-0.1, -0.05) is 0 Å². The maximum absolute atomic E-state index is 10.6. The Hall–Kier alpha value is -2.07. The number of likely N-dealkylation sites (N-methyl/N-ethyl adjacent to an activating group) is 1. The van der Waals surface area contributed by atoms with Gasteiger partial charge in [-0.25, -0.2) is 9.59 Å². The number of aromatic carboxylic acids is 1. The second-order valence-electron chi connectivity index (χ2n) is 4.95. The fourth-order valence-electron chi connectivity index (χ4n) is 1.80. The first-order valence-corrected chi connectivity index (χ1v) is 6.62. The summed E-state index contributed by atoms with van der Waals surface area (Å²) in [6.07, 6.45) is -5.08. The first-order chi connectivity index (χ1) is 10.6. The molecule has 0 bridgehead atoms. The second-order valence-corrected chi connectivity index (χ2v) is 4.95. The SMILES string of the molecule is CN1CCN(Cc2ccc(C(=O)O)o2)CC1.O=C(O)C(F)(F)F. The first-order valence-electron chi connectivity index (χ1n) is 6.62. The molecule has 0 unspecified atom stereocenters. The van der Waals surface area contributed by atoms with E-state index in [9.17, 15) is 18.0 Å². The second kappa shape index (κ2) is 7.97. The quantitative estimate of drug-likeness (QED) is 0.859. The molecule has 0 amide bonds. The van der Waals surface area contributed by atoms with Gasteiger partial charge in [0.2, 0.25) is 5.76 Å². The van der Waals surface area contributed by atoms with Crippen molar-refractivity contribution in [1.82, 2.24) is 9.80 Å². The Labute approximate surface area is 129 Å². The molecule has 0 spiro atoms. The number of carboxylic acids is 2. The minimum Gasteiger partial charge on any atom is -0.475 e. The lowest BCUT2D eigenvalue weighted by Gasteiger charge is -2.31. The maximum Gasteiger partial charge on any atom is 0.490 e. The van der Waals surface area contributed by atoms with E-state index in [1.807, 2.05) is 0 Å². The van der Waals surface area contributed by atoms with Crippen molar-refractivity contribution in [2.24, 2.45) is 0 Å². The van der Waals surface area contributed by atoms with Crippen molar-refractivity contribution in [2.75, 3.05) is 33.2 Å². The van der Waals surface area contributed by atoms with E-state index in [2.05, 4.69) is 16.8 Å². The zero-order chi connectivity index (χ0) is 17.6. The summed E-state index contributed by atoms with van der Waals surface area (Å²) in [5.74, 6) is -3.02. The van der Waals surface area contributed by atoms with Crippen LogP contribution in [0.15, 0.2) is 16.5 Å². The minimum atomic E-state index is -5.08. The molecule has 0 aromatic carbocycles. The van der Waals surface area contributed by atoms with Crippen LogP contribution in [0.1, 0.15) is 16.3 Å². The third kappa shape index (κ3) is 6.70. The number of piperazine rings is 1. The Bertz CT molecular complexity index is 536. The predicted octanol–water partition coefficient (Wildman–Crippen LogP) is 1.36. The van der Waals surface area contributed by atoms with Gasteiger partial charge in [-0.3, -0.25) is 4.90 Å². The van der Waals surface area contributed by atoms with Crippen LogP contribution in [0.5, 0.6) is 0 Å². The Morgan fingerprint density at radius 2 is 1.70 bits per heavy atom. The summed E-state index contributed by atoms with van der Waals surface area (Å²) >= 11 is 0. The van der Waals surface area contributed by atoms with E-state index < -0.39 is 18.1 Å². The number of carbonyl (C=O) groups is 2. The molecular formula is C13H17F3N2O5. The Kier molecular flexibility index (Phi) is 6.58. The number of aliphatic carboxylic acids is 1. The molecule has 1 aromatic rings. The molecule has 2 N–H and O–H groups in total. The molecule has 1 aliphatic rings. The Morgan fingerprint density at radius 1 is 1.17 bits per heavy atom. The van der Waals surface area contributed by atoms with E-state index in [1.54, 1.807) is 6.07 Å². The number of alkyl halides is 3. The van der Waals surface area contributed by atoms with E-state index in [0.717, 1.165) is 31.9 Å². The van der Waals surface area contributed by atoms with Crippen molar-refractivity contribution >= 4 is 11.9 Å². The van der Waals surface area contributed by atoms with E-state index in [-0.39, 0.29) is 5.76 Å². The number of rotatable bonds is 3. The minimum absolute atomic E-state index is 0.0177. The third-order valence-electron chi connectivity index (χ3n) is 3.09. The molecule has 1 aliphatic heterocycles. The summed E-state index contributed by atoms with van der Waals surface area (Å²) in [4.78, 5) is 24.1. The van der Waals surface area contributed by atoms with Crippen molar-refractivity contribution in [3.8, 4) is 0 Å². The van der Waals surface area contributed by atoms with Gasteiger partial charge in [0.25, 0.3) is 0 Å². The summed E-state index contributed by atoms with van der Waals surface area (Å²) in [5, 5.41) is 15.8. The van der Waals surface area contributed by atoms with Gasteiger partial charge < -0.3 is 19.5 Å². The molecule has 1 fully saturated rings. The standard InChI is InChI=1S/C11H16N2O3.C2HF3O2/c1-12-4-6-13(7-5-12)8-9-2-3-10(16-9)11(14)15;3-2(4,5)1(6)7/h2-3H,4-8H2,1H3,(H,14,15);(H,6,7). The molecule has 2 rings (SSSR count). The normalized spacial score (nSPS) is 16.5. The molecule has 1 aromatic heterocycles. The number of hydrogen-bond acceptors (Lipinski definition) is 5. The third-order valence-corrected chi connectivity index (χ3v) is 3.09. The van der Waals surface area contributed by atoms with Crippen LogP contribution in [-0.2, 0) is 11.3 Å². The van der Waals surface area contributed by atoms with Crippen molar-refractivity contribution < 1.29 is 37.4 Å². The molecule has 1 saturated heterocycles. The highest BCUT2D eigenvalue weighted by molar-refractivity contribution is 5.84. The number of carboxylic acid groups (broad SMARTS) is 2. The number of hydrogen-bond donors (Lipinski definition) is 2. The largest absolute Gasteiger partial charge is 0.490 e. The van der Waals surface area contributed by atoms with E-state index in [0.29, 0.717) is 6.54 Å². The average Bonchev–Trinajstić information content (AvgIpc) is 2.90. The van der Waals surface area contributed by atoms with Gasteiger partial charge in [0.05, 0.1) is 6.54 Å². The molecule has 0 aliphatic carbocycles. The highest BCUT2D eigenvalue weighted by Gasteiger charge is 2.38. The van der Waals surface area contributed by atoms with E-state index in [1.165, 1.54) is 6.07 Å². The molecule has 2 heterocycles. The summed E-state index contributed by atoms with van der Waals surface area (Å²) in [7, 11) is 2.10. The Balaban J connectivity index is 0.000000322. The zero-order valence-corrected chi connectivity index (χ0v) is 12.3. The van der Waals surface area contributed by atoms with Gasteiger partial charge in [-0.15, -0.1) is 0 Å². The number of furan rings is 1. The highest BCUT2D eigenvalue weighted by atomic mass is 19.4. The van der Waals surface area contributed by atoms with Crippen LogP contribution in [0.2, 0.25) is 0 Å². The summed E-state index contributed by atoms with van der Waals surface area (Å²) < 4.78 is 37.0. The lowest BCUT2D eigenvalue weighted by molar-refractivity contribution is -0.192. The fraction of sp³-hybridized carbons (Fsp3) is 0.538. The average molecular weight is 338 g/mol. The zero-order valence-electron chi connectivity index (χ0n) is 12.3. The predicted molar refractivity (Wildman–Crippen MR) is 72.1 cm³/mol. The topological polar surface area (TPSA) is 94.2 Å². The lowest BCUT2D eigenvalue weighted by Crippen LogP contribution is -2.43. The van der Waals surface area contributed by atoms with Gasteiger partial charge in [0.15, 0.2) is 0 Å². The Morgan fingerprint density at radius 3 is 2.09 bits per heavy atom. The molecule has 130 valence electrons. The first kappa shape index (κ1) is 19.0. The molecule has 0 saturated carbocycles.